The zero-order valence-corrected chi connectivity index (χ0v) is 23.6. The Morgan fingerprint density at radius 2 is 0.900 bits per heavy atom. The lowest BCUT2D eigenvalue weighted by atomic mass is 10.0. The van der Waals surface area contributed by atoms with Crippen molar-refractivity contribution in [3.05, 3.63) is 94.0 Å². The van der Waals surface area contributed by atoms with Crippen LogP contribution >= 0.6 is 23.2 Å². The third-order valence-electron chi connectivity index (χ3n) is 6.05. The number of ether oxygens (including phenoxy) is 4. The monoisotopic (exact) mass is 580 g/mol. The van der Waals surface area contributed by atoms with Gasteiger partial charge in [0.05, 0.1) is 50.9 Å². The van der Waals surface area contributed by atoms with E-state index < -0.39 is 11.8 Å². The standard InChI is InChI=1S/C30H26Cl2N2O6/c1-37-25-11-7-19(31)15-21(25)29(35)33-23-9-5-17(13-27(23)39-3)18-6-10-24(28(14-18)40-4)34-30(36)22-16-20(32)8-12-26(22)38-2/h5-16H,1-4H3,(H,33,35)(H,34,36). The summed E-state index contributed by atoms with van der Waals surface area (Å²) >= 11 is 12.2. The van der Waals surface area contributed by atoms with Crippen LogP contribution in [0.15, 0.2) is 72.8 Å². The number of methoxy groups -OCH3 is 4. The highest BCUT2D eigenvalue weighted by Gasteiger charge is 2.18. The second-order valence-corrected chi connectivity index (χ2v) is 9.30. The van der Waals surface area contributed by atoms with E-state index in [1.54, 1.807) is 48.5 Å². The van der Waals surface area contributed by atoms with E-state index in [9.17, 15) is 9.59 Å². The Balaban J connectivity index is 1.58. The molecule has 0 spiro atoms. The molecule has 206 valence electrons. The highest BCUT2D eigenvalue weighted by Crippen LogP contribution is 2.36. The zero-order valence-electron chi connectivity index (χ0n) is 22.1. The van der Waals surface area contributed by atoms with Gasteiger partial charge < -0.3 is 29.6 Å². The first-order valence-corrected chi connectivity index (χ1v) is 12.7. The molecule has 0 aliphatic rings. The van der Waals surface area contributed by atoms with Gasteiger partial charge in [-0.15, -0.1) is 0 Å². The molecule has 0 saturated heterocycles. The molecule has 10 heteroatoms. The molecule has 0 saturated carbocycles. The molecule has 0 unspecified atom stereocenters. The van der Waals surface area contributed by atoms with Gasteiger partial charge in [-0.2, -0.15) is 0 Å². The Morgan fingerprint density at radius 3 is 1.25 bits per heavy atom. The Bertz CT molecular complexity index is 1460. The molecule has 2 amide bonds. The van der Waals surface area contributed by atoms with Crippen molar-refractivity contribution < 1.29 is 28.5 Å². The van der Waals surface area contributed by atoms with Crippen LogP contribution in [0.25, 0.3) is 11.1 Å². The van der Waals surface area contributed by atoms with Gasteiger partial charge in [0.25, 0.3) is 11.8 Å². The lowest BCUT2D eigenvalue weighted by Gasteiger charge is -2.15. The first-order valence-electron chi connectivity index (χ1n) is 11.9. The van der Waals surface area contributed by atoms with Crippen LogP contribution < -0.4 is 29.6 Å². The lowest BCUT2D eigenvalue weighted by Crippen LogP contribution is -2.14. The van der Waals surface area contributed by atoms with Crippen molar-refractivity contribution in [3.8, 4) is 34.1 Å². The van der Waals surface area contributed by atoms with Gasteiger partial charge in [-0.3, -0.25) is 9.59 Å². The molecule has 0 aliphatic carbocycles. The number of hydrogen-bond donors (Lipinski definition) is 2. The van der Waals surface area contributed by atoms with Crippen molar-refractivity contribution in [1.29, 1.82) is 0 Å². The fourth-order valence-corrected chi connectivity index (χ4v) is 4.39. The first-order chi connectivity index (χ1) is 19.3. The summed E-state index contributed by atoms with van der Waals surface area (Å²) in [5, 5.41) is 6.51. The molecule has 2 N–H and O–H groups in total. The summed E-state index contributed by atoms with van der Waals surface area (Å²) in [7, 11) is 5.99. The van der Waals surface area contributed by atoms with Crippen LogP contribution in [0, 0.1) is 0 Å². The minimum Gasteiger partial charge on any atom is -0.496 e. The van der Waals surface area contributed by atoms with Crippen LogP contribution in [0.4, 0.5) is 11.4 Å². The molecule has 0 aromatic heterocycles. The average Bonchev–Trinajstić information content (AvgIpc) is 2.97. The van der Waals surface area contributed by atoms with Crippen LogP contribution in [-0.4, -0.2) is 40.3 Å². The quantitative estimate of drug-likeness (QED) is 0.217. The van der Waals surface area contributed by atoms with Crippen molar-refractivity contribution in [2.45, 2.75) is 0 Å². The van der Waals surface area contributed by atoms with Gasteiger partial charge in [0.15, 0.2) is 0 Å². The predicted octanol–water partition coefficient (Wildman–Crippen LogP) is 7.20. The average molecular weight is 581 g/mol. The highest BCUT2D eigenvalue weighted by molar-refractivity contribution is 6.31. The van der Waals surface area contributed by atoms with Gasteiger partial charge in [0.1, 0.15) is 23.0 Å². The summed E-state index contributed by atoms with van der Waals surface area (Å²) in [6, 6.07) is 20.3. The molecular formula is C30H26Cl2N2O6. The van der Waals surface area contributed by atoms with E-state index in [-0.39, 0.29) is 0 Å². The van der Waals surface area contributed by atoms with E-state index in [1.807, 2.05) is 12.1 Å². The Morgan fingerprint density at radius 1 is 0.525 bits per heavy atom. The second kappa shape index (κ2) is 12.6. The predicted molar refractivity (Wildman–Crippen MR) is 157 cm³/mol. The number of benzene rings is 4. The van der Waals surface area contributed by atoms with Crippen LogP contribution in [0.5, 0.6) is 23.0 Å². The number of carbonyl (C=O) groups is 2. The first kappa shape index (κ1) is 28.6. The summed E-state index contributed by atoms with van der Waals surface area (Å²) < 4.78 is 21.7. The fourth-order valence-electron chi connectivity index (χ4n) is 4.04. The number of nitrogens with one attached hydrogen (secondary N) is 2. The maximum Gasteiger partial charge on any atom is 0.259 e. The molecule has 0 radical (unpaired) electrons. The van der Waals surface area contributed by atoms with E-state index in [4.69, 9.17) is 42.1 Å². The normalized spacial score (nSPS) is 10.4. The van der Waals surface area contributed by atoms with Crippen LogP contribution in [-0.2, 0) is 0 Å². The molecule has 4 aromatic carbocycles. The molecule has 0 bridgehead atoms. The Kier molecular flexibility index (Phi) is 9.04. The fraction of sp³-hybridized carbons (Fsp3) is 0.133. The molecule has 4 aromatic rings. The zero-order chi connectivity index (χ0) is 28.8. The second-order valence-electron chi connectivity index (χ2n) is 8.43. The van der Waals surface area contributed by atoms with Gasteiger partial charge in [0, 0.05) is 10.0 Å². The number of hydrogen-bond acceptors (Lipinski definition) is 6. The third-order valence-corrected chi connectivity index (χ3v) is 6.52. The number of amides is 2. The van der Waals surface area contributed by atoms with Gasteiger partial charge >= 0.3 is 0 Å². The largest absolute Gasteiger partial charge is 0.496 e. The van der Waals surface area contributed by atoms with E-state index in [0.29, 0.717) is 55.5 Å². The third kappa shape index (κ3) is 6.25. The SMILES string of the molecule is COc1cc(-c2ccc(NC(=O)c3cc(Cl)ccc3OC)c(OC)c2)ccc1NC(=O)c1cc(Cl)ccc1OC. The maximum atomic E-state index is 13.0. The minimum atomic E-state index is -0.400. The van der Waals surface area contributed by atoms with Crippen molar-refractivity contribution in [3.63, 3.8) is 0 Å². The summed E-state index contributed by atoms with van der Waals surface area (Å²) in [6.07, 6.45) is 0. The van der Waals surface area contributed by atoms with Crippen molar-refractivity contribution >= 4 is 46.4 Å². The van der Waals surface area contributed by atoms with E-state index in [2.05, 4.69) is 10.6 Å². The number of rotatable bonds is 9. The van der Waals surface area contributed by atoms with Crippen molar-refractivity contribution in [1.82, 2.24) is 0 Å². The van der Waals surface area contributed by atoms with E-state index >= 15 is 0 Å². The van der Waals surface area contributed by atoms with Gasteiger partial charge in [-0.1, -0.05) is 35.3 Å². The molecule has 0 fully saturated rings. The maximum absolute atomic E-state index is 13.0. The molecular weight excluding hydrogens is 555 g/mol. The minimum absolute atomic E-state index is 0.291. The lowest BCUT2D eigenvalue weighted by molar-refractivity contribution is 0.101. The number of halogens is 2. The van der Waals surface area contributed by atoms with Crippen molar-refractivity contribution in [2.24, 2.45) is 0 Å². The van der Waals surface area contributed by atoms with Gasteiger partial charge in [-0.05, 0) is 71.8 Å². The smallest absolute Gasteiger partial charge is 0.259 e. The van der Waals surface area contributed by atoms with Gasteiger partial charge in [0.2, 0.25) is 0 Å². The highest BCUT2D eigenvalue weighted by atomic mass is 35.5. The molecule has 40 heavy (non-hydrogen) atoms. The Hall–Kier alpha value is -4.40. The molecule has 4 rings (SSSR count). The van der Waals surface area contributed by atoms with Crippen LogP contribution in [0.3, 0.4) is 0 Å². The molecule has 8 nitrogen and oxygen atoms in total. The van der Waals surface area contributed by atoms with Crippen molar-refractivity contribution in [2.75, 3.05) is 39.1 Å². The number of carbonyl (C=O) groups excluding carboxylic acids is 2. The van der Waals surface area contributed by atoms with Gasteiger partial charge in [-0.25, -0.2) is 0 Å². The Labute approximate surface area is 241 Å². The van der Waals surface area contributed by atoms with E-state index in [1.165, 1.54) is 40.6 Å². The summed E-state index contributed by atoms with van der Waals surface area (Å²) in [4.78, 5) is 25.9. The van der Waals surface area contributed by atoms with Crippen LogP contribution in [0.1, 0.15) is 20.7 Å². The van der Waals surface area contributed by atoms with Crippen LogP contribution in [0.2, 0.25) is 10.0 Å². The van der Waals surface area contributed by atoms with E-state index in [0.717, 1.165) is 11.1 Å². The number of anilines is 2. The summed E-state index contributed by atoms with van der Waals surface area (Å²) in [6.45, 7) is 0. The molecule has 0 heterocycles. The molecule has 0 atom stereocenters. The summed E-state index contributed by atoms with van der Waals surface area (Å²) in [5.41, 5.74) is 3.10. The molecule has 0 aliphatic heterocycles. The topological polar surface area (TPSA) is 95.1 Å². The summed E-state index contributed by atoms with van der Waals surface area (Å²) in [5.74, 6) is 0.871.